The van der Waals surface area contributed by atoms with Crippen molar-refractivity contribution >= 4 is 17.5 Å². The van der Waals surface area contributed by atoms with Crippen LogP contribution in [0.5, 0.6) is 0 Å². The summed E-state index contributed by atoms with van der Waals surface area (Å²) >= 11 is 5.91. The van der Waals surface area contributed by atoms with Gasteiger partial charge in [0.2, 0.25) is 0 Å². The Morgan fingerprint density at radius 2 is 2.11 bits per heavy atom. The average Bonchev–Trinajstić information content (AvgIpc) is 2.81. The topological polar surface area (TPSA) is 20.3 Å². The van der Waals surface area contributed by atoms with Gasteiger partial charge in [-0.1, -0.05) is 6.07 Å². The molecule has 1 aromatic rings. The number of halogens is 1. The second-order valence-electron chi connectivity index (χ2n) is 5.13. The molecule has 1 amide bonds. The van der Waals surface area contributed by atoms with E-state index in [9.17, 15) is 4.79 Å². The molecule has 1 aromatic carbocycles. The number of nitrogens with zero attached hydrogens (tertiary/aromatic N) is 1. The second kappa shape index (κ2) is 5.75. The van der Waals surface area contributed by atoms with Gasteiger partial charge in [-0.15, -0.1) is 11.6 Å². The van der Waals surface area contributed by atoms with E-state index in [0.29, 0.717) is 6.54 Å². The Hall–Kier alpha value is -1.02. The fourth-order valence-electron chi connectivity index (χ4n) is 2.40. The molecule has 98 valence electrons. The molecule has 0 bridgehead atoms. The molecule has 0 fully saturated rings. The third kappa shape index (κ3) is 3.05. The van der Waals surface area contributed by atoms with Gasteiger partial charge >= 0.3 is 0 Å². The van der Waals surface area contributed by atoms with E-state index in [4.69, 9.17) is 11.6 Å². The number of carbonyl (C=O) groups excluding carboxylic acids is 1. The number of rotatable bonds is 4. The van der Waals surface area contributed by atoms with E-state index in [2.05, 4.69) is 12.1 Å². The molecule has 1 aliphatic rings. The zero-order valence-electron chi connectivity index (χ0n) is 11.1. The standard InChI is InChI=1S/C15H20ClNO/c1-11(16)8-9-17(2)15(18)14-7-6-12-4-3-5-13(12)10-14/h6-7,10-11H,3-5,8-9H2,1-2H3. The first kappa shape index (κ1) is 13.4. The quantitative estimate of drug-likeness (QED) is 0.765. The minimum absolute atomic E-state index is 0.0991. The fraction of sp³-hybridized carbons (Fsp3) is 0.533. The maximum Gasteiger partial charge on any atom is 0.253 e. The highest BCUT2D eigenvalue weighted by Gasteiger charge is 2.16. The van der Waals surface area contributed by atoms with Gasteiger partial charge < -0.3 is 4.90 Å². The average molecular weight is 266 g/mol. The van der Waals surface area contributed by atoms with Crippen molar-refractivity contribution in [2.75, 3.05) is 13.6 Å². The number of aryl methyl sites for hydroxylation is 2. The van der Waals surface area contributed by atoms with Gasteiger partial charge in [0.25, 0.3) is 5.91 Å². The van der Waals surface area contributed by atoms with Crippen LogP contribution in [0.25, 0.3) is 0 Å². The van der Waals surface area contributed by atoms with Crippen LogP contribution in [-0.2, 0) is 12.8 Å². The summed E-state index contributed by atoms with van der Waals surface area (Å²) < 4.78 is 0. The summed E-state index contributed by atoms with van der Waals surface area (Å²) in [5.74, 6) is 0.0991. The monoisotopic (exact) mass is 265 g/mol. The first-order chi connectivity index (χ1) is 8.58. The summed E-state index contributed by atoms with van der Waals surface area (Å²) in [4.78, 5) is 14.0. The third-order valence-corrected chi connectivity index (χ3v) is 3.77. The molecular weight excluding hydrogens is 246 g/mol. The summed E-state index contributed by atoms with van der Waals surface area (Å²) in [5, 5.41) is 0.111. The molecule has 0 aliphatic heterocycles. The Balaban J connectivity index is 2.04. The van der Waals surface area contributed by atoms with E-state index in [1.54, 1.807) is 4.90 Å². The summed E-state index contributed by atoms with van der Waals surface area (Å²) in [6.45, 7) is 2.66. The summed E-state index contributed by atoms with van der Waals surface area (Å²) in [6, 6.07) is 6.12. The van der Waals surface area contributed by atoms with Gasteiger partial charge in [0.1, 0.15) is 0 Å². The van der Waals surface area contributed by atoms with Gasteiger partial charge in [-0.05, 0) is 55.9 Å². The van der Waals surface area contributed by atoms with Crippen LogP contribution < -0.4 is 0 Å². The van der Waals surface area contributed by atoms with Crippen molar-refractivity contribution in [3.63, 3.8) is 0 Å². The van der Waals surface area contributed by atoms with Gasteiger partial charge in [-0.3, -0.25) is 4.79 Å². The van der Waals surface area contributed by atoms with Crippen molar-refractivity contribution < 1.29 is 4.79 Å². The SMILES string of the molecule is CC(Cl)CCN(C)C(=O)c1ccc2c(c1)CCC2. The normalized spacial score (nSPS) is 15.3. The lowest BCUT2D eigenvalue weighted by Gasteiger charge is -2.18. The molecule has 0 saturated carbocycles. The van der Waals surface area contributed by atoms with Gasteiger partial charge in [0.05, 0.1) is 0 Å². The lowest BCUT2D eigenvalue weighted by Crippen LogP contribution is -2.28. The second-order valence-corrected chi connectivity index (χ2v) is 5.88. The van der Waals surface area contributed by atoms with Crippen LogP contribution in [0, 0.1) is 0 Å². The molecule has 0 N–H and O–H groups in total. The van der Waals surface area contributed by atoms with Crippen molar-refractivity contribution in [2.24, 2.45) is 0 Å². The number of amides is 1. The highest BCUT2D eigenvalue weighted by molar-refractivity contribution is 6.20. The predicted molar refractivity (Wildman–Crippen MR) is 75.4 cm³/mol. The molecule has 3 heteroatoms. The minimum Gasteiger partial charge on any atom is -0.342 e. The van der Waals surface area contributed by atoms with E-state index in [-0.39, 0.29) is 11.3 Å². The smallest absolute Gasteiger partial charge is 0.253 e. The molecule has 1 atom stereocenters. The molecule has 0 aromatic heterocycles. The lowest BCUT2D eigenvalue weighted by atomic mass is 10.1. The van der Waals surface area contributed by atoms with Crippen LogP contribution in [0.3, 0.4) is 0 Å². The molecule has 1 aliphatic carbocycles. The van der Waals surface area contributed by atoms with Crippen molar-refractivity contribution in [3.05, 3.63) is 34.9 Å². The Kier molecular flexibility index (Phi) is 4.28. The van der Waals surface area contributed by atoms with Crippen molar-refractivity contribution in [1.29, 1.82) is 0 Å². The molecular formula is C15H20ClNO. The van der Waals surface area contributed by atoms with Crippen molar-refractivity contribution in [2.45, 2.75) is 38.0 Å². The molecule has 0 spiro atoms. The van der Waals surface area contributed by atoms with Gasteiger partial charge in [0.15, 0.2) is 0 Å². The molecule has 2 nitrogen and oxygen atoms in total. The highest BCUT2D eigenvalue weighted by Crippen LogP contribution is 2.23. The number of alkyl halides is 1. The van der Waals surface area contributed by atoms with Gasteiger partial charge in [0, 0.05) is 24.5 Å². The number of hydrogen-bond donors (Lipinski definition) is 0. The van der Waals surface area contributed by atoms with E-state index >= 15 is 0 Å². The van der Waals surface area contributed by atoms with E-state index in [1.165, 1.54) is 17.5 Å². The van der Waals surface area contributed by atoms with Crippen molar-refractivity contribution in [1.82, 2.24) is 4.90 Å². The molecule has 2 rings (SSSR count). The van der Waals surface area contributed by atoms with Crippen LogP contribution in [0.15, 0.2) is 18.2 Å². The zero-order valence-corrected chi connectivity index (χ0v) is 11.8. The van der Waals surface area contributed by atoms with Crippen LogP contribution >= 0.6 is 11.6 Å². The first-order valence-electron chi connectivity index (χ1n) is 6.59. The zero-order chi connectivity index (χ0) is 13.1. The predicted octanol–water partition coefficient (Wildman–Crippen LogP) is 3.26. The number of carbonyl (C=O) groups is 1. The third-order valence-electron chi connectivity index (χ3n) is 3.55. The molecule has 0 radical (unpaired) electrons. The van der Waals surface area contributed by atoms with Crippen LogP contribution in [0.2, 0.25) is 0 Å². The Labute approximate surface area is 114 Å². The Morgan fingerprint density at radius 1 is 1.39 bits per heavy atom. The summed E-state index contributed by atoms with van der Waals surface area (Å²) in [6.07, 6.45) is 4.31. The maximum atomic E-state index is 12.2. The van der Waals surface area contributed by atoms with Gasteiger partial charge in [-0.2, -0.15) is 0 Å². The highest BCUT2D eigenvalue weighted by atomic mass is 35.5. The van der Waals surface area contributed by atoms with E-state index in [0.717, 1.165) is 24.8 Å². The molecule has 1 unspecified atom stereocenters. The fourth-order valence-corrected chi connectivity index (χ4v) is 2.50. The molecule has 18 heavy (non-hydrogen) atoms. The van der Waals surface area contributed by atoms with Gasteiger partial charge in [-0.25, -0.2) is 0 Å². The van der Waals surface area contributed by atoms with Crippen LogP contribution in [-0.4, -0.2) is 29.8 Å². The lowest BCUT2D eigenvalue weighted by molar-refractivity contribution is 0.0793. The van der Waals surface area contributed by atoms with Crippen molar-refractivity contribution in [3.8, 4) is 0 Å². The molecule has 0 saturated heterocycles. The van der Waals surface area contributed by atoms with Crippen LogP contribution in [0.4, 0.5) is 0 Å². The van der Waals surface area contributed by atoms with E-state index in [1.807, 2.05) is 20.0 Å². The molecule has 0 heterocycles. The number of hydrogen-bond acceptors (Lipinski definition) is 1. The number of fused-ring (bicyclic) bond motifs is 1. The Bertz CT molecular complexity index is 442. The maximum absolute atomic E-state index is 12.2. The minimum atomic E-state index is 0.0991. The van der Waals surface area contributed by atoms with Crippen LogP contribution in [0.1, 0.15) is 41.3 Å². The first-order valence-corrected chi connectivity index (χ1v) is 7.03. The van der Waals surface area contributed by atoms with E-state index < -0.39 is 0 Å². The summed E-state index contributed by atoms with van der Waals surface area (Å²) in [5.41, 5.74) is 3.56. The number of benzene rings is 1. The summed E-state index contributed by atoms with van der Waals surface area (Å²) in [7, 11) is 1.84. The largest absolute Gasteiger partial charge is 0.342 e. The Morgan fingerprint density at radius 3 is 2.83 bits per heavy atom.